The average molecular weight is 216 g/mol. The molecule has 4 heteroatoms. The van der Waals surface area contributed by atoms with Crippen LogP contribution in [0.3, 0.4) is 0 Å². The van der Waals surface area contributed by atoms with Gasteiger partial charge in [-0.3, -0.25) is 4.79 Å². The number of aliphatic hydroxyl groups is 1. The lowest BCUT2D eigenvalue weighted by Crippen LogP contribution is -2.23. The second kappa shape index (κ2) is 4.99. The summed E-state index contributed by atoms with van der Waals surface area (Å²) in [7, 11) is 3.05. The van der Waals surface area contributed by atoms with Crippen LogP contribution in [0.25, 0.3) is 5.76 Å². The van der Waals surface area contributed by atoms with Crippen molar-refractivity contribution in [2.75, 3.05) is 14.1 Å². The van der Waals surface area contributed by atoms with Crippen LogP contribution in [0.2, 0.25) is 0 Å². The monoisotopic (exact) mass is 216 g/mol. The molecule has 0 aliphatic rings. The molecule has 82 valence electrons. The molecule has 0 aliphatic heterocycles. The minimum Gasteiger partial charge on any atom is -0.506 e. The van der Waals surface area contributed by atoms with Crippen LogP contribution in [-0.2, 0) is 4.79 Å². The third-order valence-electron chi connectivity index (χ3n) is 2.02. The highest BCUT2D eigenvalue weighted by Crippen LogP contribution is 2.16. The van der Waals surface area contributed by atoms with Gasteiger partial charge in [0.2, 0.25) is 0 Å². The van der Waals surface area contributed by atoms with Crippen LogP contribution in [0.5, 0.6) is 0 Å². The molecule has 0 fully saturated rings. The summed E-state index contributed by atoms with van der Waals surface area (Å²) in [6.45, 7) is 0. The first-order valence-corrected chi connectivity index (χ1v) is 4.68. The summed E-state index contributed by atoms with van der Waals surface area (Å²) in [4.78, 5) is 12.8. The van der Waals surface area contributed by atoms with Crippen molar-refractivity contribution in [2.24, 2.45) is 0 Å². The summed E-state index contributed by atoms with van der Waals surface area (Å²) in [5, 5.41) is 18.7. The van der Waals surface area contributed by atoms with Crippen LogP contribution >= 0.6 is 0 Å². The number of hydrogen-bond donors (Lipinski definition) is 1. The molecular weight excluding hydrogens is 204 g/mol. The van der Waals surface area contributed by atoms with Crippen LogP contribution < -0.4 is 0 Å². The van der Waals surface area contributed by atoms with E-state index in [1.807, 2.05) is 0 Å². The van der Waals surface area contributed by atoms with Crippen molar-refractivity contribution in [3.05, 3.63) is 41.5 Å². The number of nitrogens with zero attached hydrogens (tertiary/aromatic N) is 2. The number of likely N-dealkylation sites (N-methyl/N-ethyl adjacent to an activating group) is 1. The topological polar surface area (TPSA) is 64.3 Å². The van der Waals surface area contributed by atoms with Gasteiger partial charge in [0.05, 0.1) is 0 Å². The van der Waals surface area contributed by atoms with Gasteiger partial charge >= 0.3 is 0 Å². The second-order valence-corrected chi connectivity index (χ2v) is 3.40. The van der Waals surface area contributed by atoms with Crippen LogP contribution in [0.15, 0.2) is 35.9 Å². The summed E-state index contributed by atoms with van der Waals surface area (Å²) < 4.78 is 0. The number of carbonyl (C=O) groups excluding carboxylic acids is 1. The SMILES string of the molecule is CN(C)C(=O)/C(C#N)=C(\O)c1ccccc1. The summed E-state index contributed by atoms with van der Waals surface area (Å²) in [6, 6.07) is 10.2. The first-order valence-electron chi connectivity index (χ1n) is 4.68. The van der Waals surface area contributed by atoms with Gasteiger partial charge in [0, 0.05) is 19.7 Å². The maximum atomic E-state index is 11.6. The molecule has 0 radical (unpaired) electrons. The summed E-state index contributed by atoms with van der Waals surface area (Å²) in [5.41, 5.74) is 0.199. The van der Waals surface area contributed by atoms with E-state index in [4.69, 9.17) is 5.26 Å². The molecule has 0 aliphatic carbocycles. The minimum atomic E-state index is -0.510. The van der Waals surface area contributed by atoms with Gasteiger partial charge in [-0.1, -0.05) is 30.3 Å². The Labute approximate surface area is 94.0 Å². The molecule has 0 bridgehead atoms. The quantitative estimate of drug-likeness (QED) is 0.463. The van der Waals surface area contributed by atoms with E-state index in [9.17, 15) is 9.90 Å². The van der Waals surface area contributed by atoms with Gasteiger partial charge in [0.1, 0.15) is 11.8 Å². The van der Waals surface area contributed by atoms with Crippen LogP contribution in [-0.4, -0.2) is 30.0 Å². The molecule has 1 rings (SSSR count). The molecule has 1 amide bonds. The Bertz CT molecular complexity index is 456. The van der Waals surface area contributed by atoms with Gasteiger partial charge in [-0.15, -0.1) is 0 Å². The van der Waals surface area contributed by atoms with Gasteiger partial charge in [-0.2, -0.15) is 5.26 Å². The molecule has 1 N–H and O–H groups in total. The molecule has 16 heavy (non-hydrogen) atoms. The standard InChI is InChI=1S/C12H12N2O2/c1-14(2)12(16)10(8-13)11(15)9-6-4-3-5-7-9/h3-7,15H,1-2H3/b11-10-. The number of hydrogen-bond acceptors (Lipinski definition) is 3. The summed E-state index contributed by atoms with van der Waals surface area (Å²) >= 11 is 0. The molecule has 0 atom stereocenters. The fraction of sp³-hybridized carbons (Fsp3) is 0.167. The van der Waals surface area contributed by atoms with Crippen LogP contribution in [0.4, 0.5) is 0 Å². The first-order chi connectivity index (χ1) is 7.57. The van der Waals surface area contributed by atoms with Crippen molar-refractivity contribution in [1.29, 1.82) is 5.26 Å². The third kappa shape index (κ3) is 2.39. The molecule has 0 heterocycles. The predicted octanol–water partition coefficient (Wildman–Crippen LogP) is 1.57. The van der Waals surface area contributed by atoms with E-state index in [2.05, 4.69) is 0 Å². The van der Waals surface area contributed by atoms with E-state index in [1.165, 1.54) is 19.0 Å². The molecule has 0 saturated carbocycles. The van der Waals surface area contributed by atoms with Gasteiger partial charge in [0.15, 0.2) is 5.57 Å². The van der Waals surface area contributed by atoms with Gasteiger partial charge in [-0.05, 0) is 0 Å². The highest BCUT2D eigenvalue weighted by Gasteiger charge is 2.17. The molecule has 0 aromatic heterocycles. The van der Waals surface area contributed by atoms with E-state index in [0.29, 0.717) is 5.56 Å². The Morgan fingerprint density at radius 1 is 1.31 bits per heavy atom. The molecule has 4 nitrogen and oxygen atoms in total. The number of benzene rings is 1. The van der Waals surface area contributed by atoms with Crippen molar-refractivity contribution in [3.8, 4) is 6.07 Å². The van der Waals surface area contributed by atoms with Crippen molar-refractivity contribution in [2.45, 2.75) is 0 Å². The molecule has 0 saturated heterocycles. The Hall–Kier alpha value is -2.28. The Kier molecular flexibility index (Phi) is 3.67. The Morgan fingerprint density at radius 3 is 2.31 bits per heavy atom. The second-order valence-electron chi connectivity index (χ2n) is 3.40. The lowest BCUT2D eigenvalue weighted by atomic mass is 10.1. The smallest absolute Gasteiger partial charge is 0.267 e. The van der Waals surface area contributed by atoms with Crippen molar-refractivity contribution >= 4 is 11.7 Å². The van der Waals surface area contributed by atoms with E-state index < -0.39 is 5.91 Å². The lowest BCUT2D eigenvalue weighted by Gasteiger charge is -2.10. The van der Waals surface area contributed by atoms with E-state index in [1.54, 1.807) is 36.4 Å². The molecule has 0 unspecified atom stereocenters. The van der Waals surface area contributed by atoms with Gasteiger partial charge in [-0.25, -0.2) is 0 Å². The Balaban J connectivity index is 3.22. The number of aliphatic hydroxyl groups excluding tert-OH is 1. The van der Waals surface area contributed by atoms with Crippen LogP contribution in [0, 0.1) is 11.3 Å². The molecule has 0 spiro atoms. The summed E-state index contributed by atoms with van der Waals surface area (Å²) in [6.07, 6.45) is 0. The third-order valence-corrected chi connectivity index (χ3v) is 2.02. The highest BCUT2D eigenvalue weighted by atomic mass is 16.3. The van der Waals surface area contributed by atoms with E-state index in [-0.39, 0.29) is 11.3 Å². The van der Waals surface area contributed by atoms with E-state index >= 15 is 0 Å². The zero-order valence-electron chi connectivity index (χ0n) is 9.14. The maximum Gasteiger partial charge on any atom is 0.267 e. The van der Waals surface area contributed by atoms with Crippen molar-refractivity contribution < 1.29 is 9.90 Å². The zero-order valence-corrected chi connectivity index (χ0v) is 9.14. The minimum absolute atomic E-state index is 0.254. The number of carbonyl (C=O) groups is 1. The maximum absolute atomic E-state index is 11.6. The van der Waals surface area contributed by atoms with Crippen LogP contribution in [0.1, 0.15) is 5.56 Å². The average Bonchev–Trinajstić information content (AvgIpc) is 2.30. The Morgan fingerprint density at radius 2 is 1.88 bits per heavy atom. The first kappa shape index (κ1) is 11.8. The normalized spacial score (nSPS) is 11.3. The number of nitriles is 1. The lowest BCUT2D eigenvalue weighted by molar-refractivity contribution is -0.124. The fourth-order valence-corrected chi connectivity index (χ4v) is 1.17. The highest BCUT2D eigenvalue weighted by molar-refractivity contribution is 6.03. The molecule has 1 aromatic rings. The zero-order chi connectivity index (χ0) is 12.1. The number of amides is 1. The van der Waals surface area contributed by atoms with Gasteiger partial charge < -0.3 is 10.0 Å². The van der Waals surface area contributed by atoms with Crippen molar-refractivity contribution in [3.63, 3.8) is 0 Å². The fourth-order valence-electron chi connectivity index (χ4n) is 1.17. The van der Waals surface area contributed by atoms with E-state index in [0.717, 1.165) is 0 Å². The summed E-state index contributed by atoms with van der Waals surface area (Å²) in [5.74, 6) is -0.800. The largest absolute Gasteiger partial charge is 0.506 e. The molecule has 1 aromatic carbocycles. The van der Waals surface area contributed by atoms with Gasteiger partial charge in [0.25, 0.3) is 5.91 Å². The van der Waals surface area contributed by atoms with Crippen molar-refractivity contribution in [1.82, 2.24) is 4.90 Å². The molecular formula is C12H12N2O2. The predicted molar refractivity (Wildman–Crippen MR) is 60.3 cm³/mol. The number of rotatable bonds is 2.